The normalized spacial score (nSPS) is 20.3. The van der Waals surface area contributed by atoms with Crippen molar-refractivity contribution in [2.45, 2.75) is 45.4 Å². The van der Waals surface area contributed by atoms with Crippen LogP contribution < -0.4 is 15.4 Å². The molecule has 3 rings (SSSR count). The minimum atomic E-state index is -0.864. The van der Waals surface area contributed by atoms with Crippen molar-refractivity contribution in [1.82, 2.24) is 0 Å². The van der Waals surface area contributed by atoms with Gasteiger partial charge in [0.2, 0.25) is 0 Å². The molecule has 1 fully saturated rings. The van der Waals surface area contributed by atoms with Crippen molar-refractivity contribution in [3.05, 3.63) is 54.1 Å². The van der Waals surface area contributed by atoms with Gasteiger partial charge in [-0.25, -0.2) is 0 Å². The van der Waals surface area contributed by atoms with Gasteiger partial charge in [0.15, 0.2) is 5.85 Å². The highest BCUT2D eigenvalue weighted by molar-refractivity contribution is 5.73. The molecule has 134 valence electrons. The fourth-order valence-electron chi connectivity index (χ4n) is 3.46. The van der Waals surface area contributed by atoms with Gasteiger partial charge in [-0.05, 0) is 49.9 Å². The highest BCUT2D eigenvalue weighted by atomic mass is 16.5. The first kappa shape index (κ1) is 17.8. The van der Waals surface area contributed by atoms with Gasteiger partial charge >= 0.3 is 0 Å². The van der Waals surface area contributed by atoms with Gasteiger partial charge in [0.1, 0.15) is 5.75 Å². The molecule has 4 heteroatoms. The van der Waals surface area contributed by atoms with E-state index in [9.17, 15) is 0 Å². The Morgan fingerprint density at radius 3 is 2.44 bits per heavy atom. The lowest BCUT2D eigenvalue weighted by atomic mass is 10.0. The van der Waals surface area contributed by atoms with Crippen molar-refractivity contribution in [3.63, 3.8) is 0 Å². The Bertz CT molecular complexity index is 696. The number of hydrogen-bond donors (Lipinski definition) is 1. The predicted molar refractivity (Wildman–Crippen MR) is 102 cm³/mol. The molecule has 0 spiro atoms. The lowest BCUT2D eigenvalue weighted by Gasteiger charge is -2.45. The number of aryl methyl sites for hydroxylation is 1. The number of anilines is 2. The van der Waals surface area contributed by atoms with Crippen LogP contribution in [0.3, 0.4) is 0 Å². The third kappa shape index (κ3) is 3.65. The van der Waals surface area contributed by atoms with Crippen molar-refractivity contribution in [1.29, 1.82) is 0 Å². The molecule has 1 heterocycles. The first-order valence-electron chi connectivity index (χ1n) is 9.22. The van der Waals surface area contributed by atoms with Crippen molar-refractivity contribution < 1.29 is 9.47 Å². The lowest BCUT2D eigenvalue weighted by molar-refractivity contribution is -0.0689. The third-order valence-corrected chi connectivity index (χ3v) is 4.68. The second kappa shape index (κ2) is 7.89. The topological polar surface area (TPSA) is 47.7 Å². The number of ether oxygens (including phenoxy) is 2. The Morgan fingerprint density at radius 1 is 1.04 bits per heavy atom. The van der Waals surface area contributed by atoms with Gasteiger partial charge in [0.05, 0.1) is 18.9 Å². The molecule has 1 saturated heterocycles. The molecule has 0 aromatic heterocycles. The van der Waals surface area contributed by atoms with Crippen LogP contribution in [0.5, 0.6) is 5.75 Å². The zero-order valence-electron chi connectivity index (χ0n) is 15.2. The molecule has 1 atom stereocenters. The molecule has 25 heavy (non-hydrogen) atoms. The van der Waals surface area contributed by atoms with E-state index in [0.29, 0.717) is 13.2 Å². The average Bonchev–Trinajstić information content (AvgIpc) is 2.64. The summed E-state index contributed by atoms with van der Waals surface area (Å²) in [4.78, 5) is 2.13. The summed E-state index contributed by atoms with van der Waals surface area (Å²) < 4.78 is 12.0. The Morgan fingerprint density at radius 2 is 1.76 bits per heavy atom. The summed E-state index contributed by atoms with van der Waals surface area (Å²) >= 11 is 0. The monoisotopic (exact) mass is 340 g/mol. The van der Waals surface area contributed by atoms with Gasteiger partial charge in [-0.1, -0.05) is 37.3 Å². The molecular formula is C21H28N2O2. The van der Waals surface area contributed by atoms with Gasteiger partial charge < -0.3 is 9.47 Å². The number of para-hydroxylation sites is 3. The fraction of sp³-hybridized carbons (Fsp3) is 0.429. The molecular weight excluding hydrogens is 312 g/mol. The zero-order valence-corrected chi connectivity index (χ0v) is 15.2. The fourth-order valence-corrected chi connectivity index (χ4v) is 3.46. The van der Waals surface area contributed by atoms with Crippen LogP contribution in [0.4, 0.5) is 11.4 Å². The summed E-state index contributed by atoms with van der Waals surface area (Å²) in [5, 5.41) is 0. The summed E-state index contributed by atoms with van der Waals surface area (Å²) in [6.45, 7) is 5.45. The minimum Gasteiger partial charge on any atom is -0.492 e. The van der Waals surface area contributed by atoms with Crippen LogP contribution in [0, 0.1) is 0 Å². The molecule has 0 radical (unpaired) electrons. The Balaban J connectivity index is 2.16. The Labute approximate surface area is 150 Å². The zero-order chi connectivity index (χ0) is 17.7. The van der Waals surface area contributed by atoms with E-state index in [-0.39, 0.29) is 0 Å². The molecule has 0 saturated carbocycles. The van der Waals surface area contributed by atoms with Crippen LogP contribution in [0.1, 0.15) is 38.7 Å². The highest BCUT2D eigenvalue weighted by Gasteiger charge is 2.38. The van der Waals surface area contributed by atoms with Gasteiger partial charge in [0.25, 0.3) is 0 Å². The smallest absolute Gasteiger partial charge is 0.199 e. The van der Waals surface area contributed by atoms with Crippen molar-refractivity contribution in [3.8, 4) is 5.75 Å². The number of nitrogens with zero attached hydrogens (tertiary/aromatic N) is 1. The lowest BCUT2D eigenvalue weighted by Crippen LogP contribution is -2.58. The molecule has 2 aromatic carbocycles. The minimum absolute atomic E-state index is 0.610. The van der Waals surface area contributed by atoms with Crippen molar-refractivity contribution in [2.75, 3.05) is 18.1 Å². The molecule has 0 amide bonds. The summed E-state index contributed by atoms with van der Waals surface area (Å²) in [6, 6.07) is 16.5. The van der Waals surface area contributed by atoms with E-state index in [1.807, 2.05) is 25.1 Å². The molecule has 2 aromatic rings. The summed E-state index contributed by atoms with van der Waals surface area (Å²) in [5.41, 5.74) is 10.1. The maximum Gasteiger partial charge on any atom is 0.199 e. The second-order valence-electron chi connectivity index (χ2n) is 6.37. The van der Waals surface area contributed by atoms with Crippen molar-refractivity contribution >= 4 is 11.4 Å². The molecule has 1 unspecified atom stereocenters. The van der Waals surface area contributed by atoms with Crippen LogP contribution in [0.15, 0.2) is 48.5 Å². The van der Waals surface area contributed by atoms with Crippen LogP contribution in [0.2, 0.25) is 0 Å². The quantitative estimate of drug-likeness (QED) is 0.781. The second-order valence-corrected chi connectivity index (χ2v) is 6.37. The van der Waals surface area contributed by atoms with E-state index < -0.39 is 5.85 Å². The van der Waals surface area contributed by atoms with E-state index in [0.717, 1.165) is 42.8 Å². The molecule has 2 N–H and O–H groups in total. The van der Waals surface area contributed by atoms with Gasteiger partial charge in [-0.3, -0.25) is 10.6 Å². The number of hydrogen-bond acceptors (Lipinski definition) is 4. The molecule has 1 aliphatic heterocycles. The number of benzene rings is 2. The van der Waals surface area contributed by atoms with E-state index in [2.05, 4.69) is 42.2 Å². The van der Waals surface area contributed by atoms with Gasteiger partial charge in [-0.15, -0.1) is 0 Å². The first-order valence-corrected chi connectivity index (χ1v) is 9.22. The maximum atomic E-state index is 6.80. The van der Waals surface area contributed by atoms with Gasteiger partial charge in [0, 0.05) is 12.1 Å². The summed E-state index contributed by atoms with van der Waals surface area (Å²) in [5.74, 6) is -0.0357. The molecule has 4 nitrogen and oxygen atoms in total. The third-order valence-electron chi connectivity index (χ3n) is 4.68. The standard InChI is InChI=1S/C21H28N2O2/c1-3-17-11-5-6-12-18(17)23(21(22)15-9-10-16-25-21)19-13-7-8-14-20(19)24-4-2/h5-8,11-14H,3-4,9-10,15-16,22H2,1-2H3. The Kier molecular flexibility index (Phi) is 5.61. The molecule has 1 aliphatic rings. The largest absolute Gasteiger partial charge is 0.492 e. The van der Waals surface area contributed by atoms with E-state index in [4.69, 9.17) is 15.2 Å². The predicted octanol–water partition coefficient (Wildman–Crippen LogP) is 4.60. The van der Waals surface area contributed by atoms with Crippen LogP contribution in [-0.4, -0.2) is 19.1 Å². The van der Waals surface area contributed by atoms with Crippen molar-refractivity contribution in [2.24, 2.45) is 5.73 Å². The van der Waals surface area contributed by atoms with Crippen LogP contribution in [-0.2, 0) is 11.2 Å². The number of rotatable bonds is 6. The molecule has 0 aliphatic carbocycles. The Hall–Kier alpha value is -2.04. The summed E-state index contributed by atoms with van der Waals surface area (Å²) in [7, 11) is 0. The summed E-state index contributed by atoms with van der Waals surface area (Å²) in [6.07, 6.45) is 3.82. The van der Waals surface area contributed by atoms with Gasteiger partial charge in [-0.2, -0.15) is 0 Å². The number of nitrogens with two attached hydrogens (primary N) is 1. The van der Waals surface area contributed by atoms with Crippen LogP contribution >= 0.6 is 0 Å². The van der Waals surface area contributed by atoms with E-state index in [1.54, 1.807) is 0 Å². The van der Waals surface area contributed by atoms with E-state index >= 15 is 0 Å². The molecule has 0 bridgehead atoms. The van der Waals surface area contributed by atoms with Crippen LogP contribution in [0.25, 0.3) is 0 Å². The SMILES string of the molecule is CCOc1ccccc1N(c1ccccc1CC)C1(N)CCCCO1. The average molecular weight is 340 g/mol. The first-order chi connectivity index (χ1) is 12.2. The highest BCUT2D eigenvalue weighted by Crippen LogP contribution is 2.42. The van der Waals surface area contributed by atoms with E-state index in [1.165, 1.54) is 5.56 Å². The maximum absolute atomic E-state index is 6.80.